The van der Waals surface area contributed by atoms with Crippen LogP contribution in [0, 0.1) is 0 Å². The number of hydrogen-bond donors (Lipinski definition) is 2. The van der Waals surface area contributed by atoms with Crippen molar-refractivity contribution >= 4 is 11.7 Å². The summed E-state index contributed by atoms with van der Waals surface area (Å²) in [5, 5.41) is 0. The van der Waals surface area contributed by atoms with Gasteiger partial charge in [0, 0.05) is 17.7 Å². The lowest BCUT2D eigenvalue weighted by atomic mass is 10.0. The van der Waals surface area contributed by atoms with Gasteiger partial charge in [-0.1, -0.05) is 0 Å². The zero-order chi connectivity index (χ0) is 13.0. The number of nitrogens with two attached hydrogens (primary N) is 2. The number of aromatic nitrogens is 1. The second-order valence-corrected chi connectivity index (χ2v) is 3.31. The minimum absolute atomic E-state index is 0.0542. The second-order valence-electron chi connectivity index (χ2n) is 3.31. The van der Waals surface area contributed by atoms with Gasteiger partial charge in [-0.3, -0.25) is 9.78 Å². The fourth-order valence-corrected chi connectivity index (χ4v) is 1.46. The molecule has 0 aliphatic rings. The lowest BCUT2D eigenvalue weighted by Gasteiger charge is -2.13. The Morgan fingerprint density at radius 1 is 1.59 bits per heavy atom. The van der Waals surface area contributed by atoms with Crippen molar-refractivity contribution in [2.75, 3.05) is 12.8 Å². The summed E-state index contributed by atoms with van der Waals surface area (Å²) in [4.78, 5) is 14.8. The Morgan fingerprint density at radius 2 is 2.24 bits per heavy atom. The highest BCUT2D eigenvalue weighted by Gasteiger charge is 2.22. The van der Waals surface area contributed by atoms with Crippen LogP contribution in [0.4, 0.5) is 14.5 Å². The van der Waals surface area contributed by atoms with E-state index in [1.165, 1.54) is 13.3 Å². The molecule has 0 fully saturated rings. The first-order valence-electron chi connectivity index (χ1n) is 4.82. The van der Waals surface area contributed by atoms with E-state index in [1.54, 1.807) is 0 Å². The van der Waals surface area contributed by atoms with E-state index >= 15 is 0 Å². The summed E-state index contributed by atoms with van der Waals surface area (Å²) in [7, 11) is 1.17. The molecule has 0 aliphatic carbocycles. The summed E-state index contributed by atoms with van der Waals surface area (Å²) in [6.45, 7) is -0.137. The summed E-state index contributed by atoms with van der Waals surface area (Å²) in [6, 6.07) is 0. The molecule has 0 amide bonds. The van der Waals surface area contributed by atoms with Gasteiger partial charge in [-0.2, -0.15) is 0 Å². The highest BCUT2D eigenvalue weighted by Crippen LogP contribution is 2.29. The molecule has 0 saturated heterocycles. The zero-order valence-electron chi connectivity index (χ0n) is 9.24. The molecule has 0 bridgehead atoms. The largest absolute Gasteiger partial charge is 0.469 e. The highest BCUT2D eigenvalue weighted by molar-refractivity contribution is 5.73. The molecule has 7 heteroatoms. The number of esters is 1. The molecule has 0 aliphatic heterocycles. The van der Waals surface area contributed by atoms with Crippen molar-refractivity contribution in [3.63, 3.8) is 0 Å². The molecule has 1 aromatic heterocycles. The zero-order valence-corrected chi connectivity index (χ0v) is 9.24. The molecule has 0 saturated carbocycles. The van der Waals surface area contributed by atoms with Gasteiger partial charge in [0.2, 0.25) is 0 Å². The fourth-order valence-electron chi connectivity index (χ4n) is 1.46. The maximum Gasteiger partial charge on any atom is 0.311 e. The van der Waals surface area contributed by atoms with E-state index < -0.39 is 12.4 Å². The number of alkyl halides is 2. The third kappa shape index (κ3) is 2.88. The number of rotatable bonds is 4. The number of nitrogen functional groups attached to an aromatic ring is 1. The highest BCUT2D eigenvalue weighted by atomic mass is 19.3. The van der Waals surface area contributed by atoms with Crippen LogP contribution in [0.1, 0.15) is 23.2 Å². The van der Waals surface area contributed by atoms with Gasteiger partial charge in [-0.05, 0) is 0 Å². The van der Waals surface area contributed by atoms with Crippen molar-refractivity contribution in [1.82, 2.24) is 4.98 Å². The Kier molecular flexibility index (Phi) is 4.33. The van der Waals surface area contributed by atoms with Gasteiger partial charge in [0.15, 0.2) is 0 Å². The van der Waals surface area contributed by atoms with Gasteiger partial charge in [0.05, 0.1) is 31.1 Å². The molecule has 1 aromatic rings. The Bertz CT molecular complexity index is 424. The van der Waals surface area contributed by atoms with Crippen molar-refractivity contribution < 1.29 is 18.3 Å². The van der Waals surface area contributed by atoms with E-state index in [-0.39, 0.29) is 35.5 Å². The first-order valence-corrected chi connectivity index (χ1v) is 4.82. The van der Waals surface area contributed by atoms with Gasteiger partial charge in [-0.25, -0.2) is 8.78 Å². The average molecular weight is 245 g/mol. The predicted octanol–water partition coefficient (Wildman–Crippen LogP) is 0.776. The SMILES string of the molecule is COC(=O)Cc1ncc(N)c(CN)c1C(F)F. The predicted molar refractivity (Wildman–Crippen MR) is 57.2 cm³/mol. The van der Waals surface area contributed by atoms with Gasteiger partial charge >= 0.3 is 5.97 Å². The average Bonchev–Trinajstić information content (AvgIpc) is 2.30. The van der Waals surface area contributed by atoms with Crippen molar-refractivity contribution in [2.24, 2.45) is 5.73 Å². The Morgan fingerprint density at radius 3 is 2.71 bits per heavy atom. The lowest BCUT2D eigenvalue weighted by Crippen LogP contribution is -2.14. The minimum Gasteiger partial charge on any atom is -0.469 e. The van der Waals surface area contributed by atoms with Crippen LogP contribution in [0.15, 0.2) is 6.20 Å². The van der Waals surface area contributed by atoms with Crippen LogP contribution < -0.4 is 11.5 Å². The maximum atomic E-state index is 12.9. The van der Waals surface area contributed by atoms with Gasteiger partial charge in [-0.15, -0.1) is 0 Å². The third-order valence-corrected chi connectivity index (χ3v) is 2.31. The van der Waals surface area contributed by atoms with Crippen molar-refractivity contribution in [3.05, 3.63) is 23.0 Å². The number of hydrogen-bond acceptors (Lipinski definition) is 5. The van der Waals surface area contributed by atoms with Crippen LogP contribution >= 0.6 is 0 Å². The van der Waals surface area contributed by atoms with E-state index in [4.69, 9.17) is 11.5 Å². The number of nitrogens with zero attached hydrogens (tertiary/aromatic N) is 1. The number of carbonyl (C=O) groups excluding carboxylic acids is 1. The molecule has 0 atom stereocenters. The Balaban J connectivity index is 3.25. The van der Waals surface area contributed by atoms with Crippen LogP contribution in [0.25, 0.3) is 0 Å². The fraction of sp³-hybridized carbons (Fsp3) is 0.400. The topological polar surface area (TPSA) is 91.2 Å². The van der Waals surface area contributed by atoms with Crippen LogP contribution in [0.5, 0.6) is 0 Å². The van der Waals surface area contributed by atoms with E-state index in [9.17, 15) is 13.6 Å². The summed E-state index contributed by atoms with van der Waals surface area (Å²) in [5.41, 5.74) is 10.7. The van der Waals surface area contributed by atoms with E-state index in [1.807, 2.05) is 0 Å². The van der Waals surface area contributed by atoms with Gasteiger partial charge in [0.1, 0.15) is 0 Å². The standard InChI is InChI=1S/C10H13F2N3O2/c1-17-8(16)2-7-9(10(11)12)5(3-13)6(14)4-15-7/h4,10H,2-3,13-14H2,1H3. The molecular weight excluding hydrogens is 232 g/mol. The van der Waals surface area contributed by atoms with Crippen molar-refractivity contribution in [1.29, 1.82) is 0 Å². The minimum atomic E-state index is -2.79. The normalized spacial score (nSPS) is 10.6. The van der Waals surface area contributed by atoms with Crippen molar-refractivity contribution in [2.45, 2.75) is 19.4 Å². The number of carbonyl (C=O) groups is 1. The number of pyridine rings is 1. The van der Waals surface area contributed by atoms with Crippen molar-refractivity contribution in [3.8, 4) is 0 Å². The molecule has 0 spiro atoms. The quantitative estimate of drug-likeness (QED) is 0.765. The molecule has 0 aromatic carbocycles. The molecule has 94 valence electrons. The van der Waals surface area contributed by atoms with E-state index in [0.29, 0.717) is 0 Å². The van der Waals surface area contributed by atoms with Crippen LogP contribution in [-0.4, -0.2) is 18.1 Å². The summed E-state index contributed by atoms with van der Waals surface area (Å²) < 4.78 is 30.2. The molecule has 4 N–H and O–H groups in total. The first-order chi connectivity index (χ1) is 8.01. The number of methoxy groups -OCH3 is 1. The van der Waals surface area contributed by atoms with Crippen LogP contribution in [0.2, 0.25) is 0 Å². The second kappa shape index (κ2) is 5.53. The molecule has 1 heterocycles. The van der Waals surface area contributed by atoms with E-state index in [2.05, 4.69) is 9.72 Å². The molecular formula is C10H13F2N3O2. The molecule has 17 heavy (non-hydrogen) atoms. The number of anilines is 1. The van der Waals surface area contributed by atoms with Gasteiger partial charge < -0.3 is 16.2 Å². The summed E-state index contributed by atoms with van der Waals surface area (Å²) in [5.74, 6) is -0.646. The number of halogens is 2. The first kappa shape index (κ1) is 13.3. The monoisotopic (exact) mass is 245 g/mol. The number of ether oxygens (including phenoxy) is 1. The molecule has 1 rings (SSSR count). The smallest absolute Gasteiger partial charge is 0.311 e. The molecule has 0 unspecified atom stereocenters. The van der Waals surface area contributed by atoms with Gasteiger partial charge in [0.25, 0.3) is 6.43 Å². The van der Waals surface area contributed by atoms with Crippen LogP contribution in [-0.2, 0) is 22.5 Å². The molecule has 5 nitrogen and oxygen atoms in total. The molecule has 0 radical (unpaired) electrons. The lowest BCUT2D eigenvalue weighted by molar-refractivity contribution is -0.139. The Hall–Kier alpha value is -1.76. The summed E-state index contributed by atoms with van der Waals surface area (Å²) in [6.07, 6.45) is -1.90. The van der Waals surface area contributed by atoms with E-state index in [0.717, 1.165) is 0 Å². The van der Waals surface area contributed by atoms with Crippen LogP contribution in [0.3, 0.4) is 0 Å². The Labute approximate surface area is 96.8 Å². The third-order valence-electron chi connectivity index (χ3n) is 2.31. The summed E-state index contributed by atoms with van der Waals surface area (Å²) >= 11 is 0. The maximum absolute atomic E-state index is 12.9.